The van der Waals surface area contributed by atoms with Crippen LogP contribution in [0.5, 0.6) is 0 Å². The standard InChI is InChI=1S/C31H39N3O4S/c1-7-29(31(36)32-8-2)33(20-26-13-9-22(3)10-14-26)30(35)21-34(27-18-24(5)17-25(6)19-27)39(37,38)28-15-11-23(4)12-16-28/h9-19,29H,7-8,20-21H2,1-6H3,(H,32,36). The quantitative estimate of drug-likeness (QED) is 0.362. The fourth-order valence-electron chi connectivity index (χ4n) is 4.56. The Morgan fingerprint density at radius 2 is 1.33 bits per heavy atom. The van der Waals surface area contributed by atoms with Crippen molar-refractivity contribution in [1.29, 1.82) is 0 Å². The molecule has 0 aliphatic rings. The molecule has 3 aromatic carbocycles. The molecule has 1 unspecified atom stereocenters. The first-order chi connectivity index (χ1) is 18.5. The summed E-state index contributed by atoms with van der Waals surface area (Å²) in [5.41, 5.74) is 5.04. The number of hydrogen-bond donors (Lipinski definition) is 1. The summed E-state index contributed by atoms with van der Waals surface area (Å²) in [6.07, 6.45) is 0.387. The molecule has 0 aliphatic carbocycles. The van der Waals surface area contributed by atoms with Crippen molar-refractivity contribution in [1.82, 2.24) is 10.2 Å². The Morgan fingerprint density at radius 1 is 0.795 bits per heavy atom. The summed E-state index contributed by atoms with van der Waals surface area (Å²) in [7, 11) is -4.09. The molecule has 7 nitrogen and oxygen atoms in total. The van der Waals surface area contributed by atoms with Crippen molar-refractivity contribution in [2.24, 2.45) is 0 Å². The van der Waals surface area contributed by atoms with E-state index in [4.69, 9.17) is 0 Å². The second-order valence-electron chi connectivity index (χ2n) is 10.00. The number of anilines is 1. The maximum absolute atomic E-state index is 14.0. The lowest BCUT2D eigenvalue weighted by Gasteiger charge is -2.33. The summed E-state index contributed by atoms with van der Waals surface area (Å²) < 4.78 is 29.1. The van der Waals surface area contributed by atoms with Crippen LogP contribution >= 0.6 is 0 Å². The highest BCUT2D eigenvalue weighted by molar-refractivity contribution is 7.92. The summed E-state index contributed by atoms with van der Waals surface area (Å²) in [6.45, 7) is 11.5. The van der Waals surface area contributed by atoms with Crippen molar-refractivity contribution in [2.45, 2.75) is 65.4 Å². The molecule has 0 radical (unpaired) electrons. The van der Waals surface area contributed by atoms with E-state index in [1.165, 1.54) is 4.90 Å². The summed E-state index contributed by atoms with van der Waals surface area (Å²) >= 11 is 0. The summed E-state index contributed by atoms with van der Waals surface area (Å²) in [5.74, 6) is -0.719. The van der Waals surface area contributed by atoms with Crippen LogP contribution in [0.3, 0.4) is 0 Å². The first-order valence-corrected chi connectivity index (χ1v) is 14.7. The Kier molecular flexibility index (Phi) is 9.92. The minimum atomic E-state index is -4.09. The third-order valence-corrected chi connectivity index (χ3v) is 8.38. The molecule has 208 valence electrons. The Hall–Kier alpha value is -3.65. The molecule has 2 amide bonds. The van der Waals surface area contributed by atoms with Gasteiger partial charge in [0.05, 0.1) is 10.6 Å². The van der Waals surface area contributed by atoms with E-state index in [1.54, 1.807) is 36.4 Å². The molecule has 0 bridgehead atoms. The minimum absolute atomic E-state index is 0.0981. The number of nitrogens with zero attached hydrogens (tertiary/aromatic N) is 2. The van der Waals surface area contributed by atoms with Gasteiger partial charge < -0.3 is 10.2 Å². The van der Waals surface area contributed by atoms with Gasteiger partial charge in [-0.15, -0.1) is 0 Å². The number of hydrogen-bond acceptors (Lipinski definition) is 4. The summed E-state index contributed by atoms with van der Waals surface area (Å²) in [6, 6.07) is 19.1. The summed E-state index contributed by atoms with van der Waals surface area (Å²) in [5, 5.41) is 2.82. The van der Waals surface area contributed by atoms with Crippen LogP contribution in [0.4, 0.5) is 5.69 Å². The highest BCUT2D eigenvalue weighted by atomic mass is 32.2. The van der Waals surface area contributed by atoms with Crippen molar-refractivity contribution in [3.8, 4) is 0 Å². The molecule has 39 heavy (non-hydrogen) atoms. The highest BCUT2D eigenvalue weighted by Crippen LogP contribution is 2.27. The lowest BCUT2D eigenvalue weighted by Crippen LogP contribution is -2.52. The van der Waals surface area contributed by atoms with Crippen LogP contribution in [0.2, 0.25) is 0 Å². The minimum Gasteiger partial charge on any atom is -0.355 e. The van der Waals surface area contributed by atoms with Crippen molar-refractivity contribution >= 4 is 27.5 Å². The van der Waals surface area contributed by atoms with Crippen LogP contribution in [0.1, 0.15) is 48.1 Å². The van der Waals surface area contributed by atoms with E-state index >= 15 is 0 Å². The number of amides is 2. The fourth-order valence-corrected chi connectivity index (χ4v) is 5.96. The number of benzene rings is 3. The Balaban J connectivity index is 2.09. The van der Waals surface area contributed by atoms with Crippen LogP contribution in [-0.2, 0) is 26.2 Å². The van der Waals surface area contributed by atoms with Crippen molar-refractivity contribution in [3.63, 3.8) is 0 Å². The number of rotatable bonds is 11. The molecule has 3 rings (SSSR count). The maximum atomic E-state index is 14.0. The normalized spacial score (nSPS) is 12.1. The van der Waals surface area contributed by atoms with E-state index in [0.717, 1.165) is 32.1 Å². The molecule has 0 saturated heterocycles. The van der Waals surface area contributed by atoms with Gasteiger partial charge in [-0.25, -0.2) is 8.42 Å². The zero-order valence-electron chi connectivity index (χ0n) is 23.7. The van der Waals surface area contributed by atoms with Gasteiger partial charge in [0, 0.05) is 13.1 Å². The van der Waals surface area contributed by atoms with Crippen LogP contribution in [-0.4, -0.2) is 44.3 Å². The Morgan fingerprint density at radius 3 is 1.85 bits per heavy atom. The van der Waals surface area contributed by atoms with Crippen LogP contribution < -0.4 is 9.62 Å². The van der Waals surface area contributed by atoms with E-state index in [2.05, 4.69) is 5.32 Å². The van der Waals surface area contributed by atoms with E-state index in [-0.39, 0.29) is 17.3 Å². The smallest absolute Gasteiger partial charge is 0.264 e. The zero-order valence-corrected chi connectivity index (χ0v) is 24.5. The second kappa shape index (κ2) is 12.9. The van der Waals surface area contributed by atoms with Crippen molar-refractivity contribution in [3.05, 3.63) is 94.5 Å². The van der Waals surface area contributed by atoms with Gasteiger partial charge >= 0.3 is 0 Å². The average Bonchev–Trinajstić information content (AvgIpc) is 2.88. The van der Waals surface area contributed by atoms with Crippen LogP contribution in [0.15, 0.2) is 71.6 Å². The number of carbonyl (C=O) groups is 2. The third-order valence-electron chi connectivity index (χ3n) is 6.59. The molecule has 3 aromatic rings. The SMILES string of the molecule is CCNC(=O)C(CC)N(Cc1ccc(C)cc1)C(=O)CN(c1cc(C)cc(C)c1)S(=O)(=O)c1ccc(C)cc1. The van der Waals surface area contributed by atoms with Gasteiger partial charge in [-0.3, -0.25) is 13.9 Å². The Labute approximate surface area is 232 Å². The van der Waals surface area contributed by atoms with Gasteiger partial charge in [-0.2, -0.15) is 0 Å². The lowest BCUT2D eigenvalue weighted by atomic mass is 10.1. The van der Waals surface area contributed by atoms with Gasteiger partial charge in [-0.1, -0.05) is 60.5 Å². The Bertz CT molecular complexity index is 1380. The molecule has 0 saturated carbocycles. The lowest BCUT2D eigenvalue weighted by molar-refractivity contribution is -0.140. The maximum Gasteiger partial charge on any atom is 0.264 e. The number of nitrogens with one attached hydrogen (secondary N) is 1. The highest BCUT2D eigenvalue weighted by Gasteiger charge is 2.33. The molecule has 1 atom stereocenters. The van der Waals surface area contributed by atoms with Gasteiger partial charge in [0.15, 0.2) is 0 Å². The first-order valence-electron chi connectivity index (χ1n) is 13.3. The van der Waals surface area contributed by atoms with Gasteiger partial charge in [0.1, 0.15) is 12.6 Å². The van der Waals surface area contributed by atoms with E-state index in [9.17, 15) is 18.0 Å². The number of aryl methyl sites for hydroxylation is 4. The van der Waals surface area contributed by atoms with Gasteiger partial charge in [-0.05, 0) is 82.0 Å². The predicted octanol–water partition coefficient (Wildman–Crippen LogP) is 5.06. The van der Waals surface area contributed by atoms with Gasteiger partial charge in [0.2, 0.25) is 11.8 Å². The molecular weight excluding hydrogens is 510 g/mol. The fraction of sp³-hybridized carbons (Fsp3) is 0.355. The summed E-state index contributed by atoms with van der Waals surface area (Å²) in [4.78, 5) is 28.7. The van der Waals surface area contributed by atoms with E-state index in [0.29, 0.717) is 18.7 Å². The number of carbonyl (C=O) groups excluding carboxylic acids is 2. The molecular formula is C31H39N3O4S. The van der Waals surface area contributed by atoms with Crippen LogP contribution in [0, 0.1) is 27.7 Å². The molecule has 0 aliphatic heterocycles. The second-order valence-corrected chi connectivity index (χ2v) is 11.9. The van der Waals surface area contributed by atoms with Gasteiger partial charge in [0.25, 0.3) is 10.0 Å². The molecule has 0 aromatic heterocycles. The van der Waals surface area contributed by atoms with Crippen LogP contribution in [0.25, 0.3) is 0 Å². The first kappa shape index (κ1) is 29.9. The molecule has 8 heteroatoms. The number of sulfonamides is 1. The van der Waals surface area contributed by atoms with E-state index < -0.39 is 28.5 Å². The van der Waals surface area contributed by atoms with Crippen molar-refractivity contribution in [2.75, 3.05) is 17.4 Å². The third kappa shape index (κ3) is 7.47. The zero-order chi connectivity index (χ0) is 28.7. The average molecular weight is 550 g/mol. The molecule has 0 spiro atoms. The molecule has 1 N–H and O–H groups in total. The largest absolute Gasteiger partial charge is 0.355 e. The van der Waals surface area contributed by atoms with E-state index in [1.807, 2.05) is 71.9 Å². The molecule has 0 heterocycles. The monoisotopic (exact) mass is 549 g/mol. The van der Waals surface area contributed by atoms with Crippen molar-refractivity contribution < 1.29 is 18.0 Å². The predicted molar refractivity (Wildman–Crippen MR) is 156 cm³/mol. The number of likely N-dealkylation sites (N-methyl/N-ethyl adjacent to an activating group) is 1. The topological polar surface area (TPSA) is 86.8 Å². The molecule has 0 fully saturated rings.